The number of benzene rings is 1. The predicted octanol–water partition coefficient (Wildman–Crippen LogP) is 2.21. The van der Waals surface area contributed by atoms with Gasteiger partial charge in [0.1, 0.15) is 12.1 Å². The molecule has 10 heteroatoms. The van der Waals surface area contributed by atoms with Gasteiger partial charge in [0.15, 0.2) is 0 Å². The van der Waals surface area contributed by atoms with E-state index in [1.807, 2.05) is 12.1 Å². The summed E-state index contributed by atoms with van der Waals surface area (Å²) < 4.78 is 9.39. The van der Waals surface area contributed by atoms with Crippen LogP contribution in [0.2, 0.25) is 5.02 Å². The zero-order chi connectivity index (χ0) is 21.7. The second-order valence-electron chi connectivity index (χ2n) is 6.81. The van der Waals surface area contributed by atoms with E-state index in [2.05, 4.69) is 20.0 Å². The molecule has 1 aliphatic heterocycles. The van der Waals surface area contributed by atoms with Gasteiger partial charge in [0.25, 0.3) is 0 Å². The minimum absolute atomic E-state index is 0.0300. The minimum Gasteiger partial charge on any atom is -0.469 e. The van der Waals surface area contributed by atoms with Crippen LogP contribution >= 0.6 is 11.6 Å². The summed E-state index contributed by atoms with van der Waals surface area (Å²) in [4.78, 5) is 45.9. The van der Waals surface area contributed by atoms with E-state index in [1.165, 1.54) is 14.2 Å². The van der Waals surface area contributed by atoms with Gasteiger partial charge in [-0.3, -0.25) is 4.79 Å². The molecule has 0 fully saturated rings. The van der Waals surface area contributed by atoms with Crippen molar-refractivity contribution in [1.29, 1.82) is 0 Å². The molecule has 2 amide bonds. The molecule has 9 nitrogen and oxygen atoms in total. The Balaban J connectivity index is 1.85. The maximum absolute atomic E-state index is 13.2. The quantitative estimate of drug-likeness (QED) is 0.674. The predicted molar refractivity (Wildman–Crippen MR) is 108 cm³/mol. The fourth-order valence-corrected chi connectivity index (χ4v) is 3.70. The SMILES string of the molecule is COC(=O)CC[C@H](NC(=O)N1CCc2[nH]cnc2[C@H]1c1cccc(Cl)c1)C(=O)OC. The molecule has 160 valence electrons. The molecule has 30 heavy (non-hydrogen) atoms. The van der Waals surface area contributed by atoms with Gasteiger partial charge in [-0.1, -0.05) is 23.7 Å². The second kappa shape index (κ2) is 9.62. The number of aromatic nitrogens is 2. The Kier molecular flexibility index (Phi) is 6.94. The summed E-state index contributed by atoms with van der Waals surface area (Å²) in [5, 5.41) is 3.23. The van der Waals surface area contributed by atoms with Crippen molar-refractivity contribution < 1.29 is 23.9 Å². The highest BCUT2D eigenvalue weighted by Crippen LogP contribution is 2.34. The third kappa shape index (κ3) is 4.73. The lowest BCUT2D eigenvalue weighted by molar-refractivity contribution is -0.144. The maximum atomic E-state index is 13.2. The van der Waals surface area contributed by atoms with Crippen LogP contribution in [-0.4, -0.2) is 59.6 Å². The van der Waals surface area contributed by atoms with E-state index in [0.717, 1.165) is 17.0 Å². The third-order valence-corrected chi connectivity index (χ3v) is 5.23. The molecule has 2 N–H and O–H groups in total. The number of nitrogens with one attached hydrogen (secondary N) is 2. The second-order valence-corrected chi connectivity index (χ2v) is 7.24. The van der Waals surface area contributed by atoms with Crippen molar-refractivity contribution in [3.8, 4) is 0 Å². The summed E-state index contributed by atoms with van der Waals surface area (Å²) in [5.74, 6) is -1.11. The highest BCUT2D eigenvalue weighted by Gasteiger charge is 2.36. The first-order valence-electron chi connectivity index (χ1n) is 9.44. The van der Waals surface area contributed by atoms with Gasteiger partial charge in [-0.2, -0.15) is 0 Å². The van der Waals surface area contributed by atoms with Crippen LogP contribution in [0.25, 0.3) is 0 Å². The number of halogens is 1. The normalized spacial score (nSPS) is 16.4. The molecular formula is C20H23ClN4O5. The summed E-state index contributed by atoms with van der Waals surface area (Å²) in [6, 6.07) is 5.29. The number of fused-ring (bicyclic) bond motifs is 1. The molecule has 0 saturated carbocycles. The van der Waals surface area contributed by atoms with E-state index in [0.29, 0.717) is 18.0 Å². The van der Waals surface area contributed by atoms with Crippen LogP contribution in [0.3, 0.4) is 0 Å². The zero-order valence-electron chi connectivity index (χ0n) is 16.7. The number of esters is 2. The van der Waals surface area contributed by atoms with Gasteiger partial charge in [0.05, 0.1) is 26.2 Å². The molecule has 0 unspecified atom stereocenters. The van der Waals surface area contributed by atoms with Crippen molar-refractivity contribution in [2.45, 2.75) is 31.3 Å². The molecule has 0 spiro atoms. The standard InChI is InChI=1S/C20H23ClN4O5/c1-29-16(26)7-6-15(19(27)30-2)24-20(28)25-9-8-14-17(23-11-22-14)18(25)12-4-3-5-13(21)10-12/h3-5,10-11,15,18H,6-9H2,1-2H3,(H,22,23)(H,24,28)/t15-,18+/m0/s1. The van der Waals surface area contributed by atoms with Gasteiger partial charge in [-0.05, 0) is 24.1 Å². The highest BCUT2D eigenvalue weighted by molar-refractivity contribution is 6.30. The molecule has 0 saturated heterocycles. The van der Waals surface area contributed by atoms with E-state index in [1.54, 1.807) is 23.4 Å². The Morgan fingerprint density at radius 2 is 2.13 bits per heavy atom. The number of urea groups is 1. The molecule has 2 atom stereocenters. The molecule has 0 bridgehead atoms. The number of H-pyrrole nitrogens is 1. The van der Waals surface area contributed by atoms with Crippen molar-refractivity contribution in [3.63, 3.8) is 0 Å². The average Bonchev–Trinajstić information content (AvgIpc) is 3.23. The highest BCUT2D eigenvalue weighted by atomic mass is 35.5. The summed E-state index contributed by atoms with van der Waals surface area (Å²) in [6.07, 6.45) is 2.22. The van der Waals surface area contributed by atoms with Crippen molar-refractivity contribution in [1.82, 2.24) is 20.2 Å². The van der Waals surface area contributed by atoms with E-state index >= 15 is 0 Å². The lowest BCUT2D eigenvalue weighted by Crippen LogP contribution is -2.51. The monoisotopic (exact) mass is 434 g/mol. The van der Waals surface area contributed by atoms with Crippen LogP contribution in [-0.2, 0) is 25.5 Å². The average molecular weight is 435 g/mol. The molecule has 0 radical (unpaired) electrons. The largest absolute Gasteiger partial charge is 0.469 e. The molecule has 2 aromatic rings. The lowest BCUT2D eigenvalue weighted by Gasteiger charge is -2.36. The number of carbonyl (C=O) groups is 3. The Labute approximate surface area is 178 Å². The summed E-state index contributed by atoms with van der Waals surface area (Å²) >= 11 is 6.17. The number of aromatic amines is 1. The van der Waals surface area contributed by atoms with Crippen molar-refractivity contribution >= 4 is 29.6 Å². The van der Waals surface area contributed by atoms with Crippen LogP contribution in [0, 0.1) is 0 Å². The van der Waals surface area contributed by atoms with Gasteiger partial charge in [-0.15, -0.1) is 0 Å². The van der Waals surface area contributed by atoms with Gasteiger partial charge < -0.3 is 24.7 Å². The van der Waals surface area contributed by atoms with E-state index in [4.69, 9.17) is 16.3 Å². The first-order chi connectivity index (χ1) is 14.4. The molecule has 1 aliphatic rings. The zero-order valence-corrected chi connectivity index (χ0v) is 17.4. The molecular weight excluding hydrogens is 412 g/mol. The molecule has 0 aliphatic carbocycles. The van der Waals surface area contributed by atoms with E-state index in [9.17, 15) is 14.4 Å². The molecule has 2 heterocycles. The molecule has 1 aromatic heterocycles. The fourth-order valence-electron chi connectivity index (χ4n) is 3.50. The van der Waals surface area contributed by atoms with Crippen molar-refractivity contribution in [3.05, 3.63) is 52.6 Å². The summed E-state index contributed by atoms with van der Waals surface area (Å²) in [6.45, 7) is 0.406. The lowest BCUT2D eigenvalue weighted by atomic mass is 9.96. The minimum atomic E-state index is -0.984. The van der Waals surface area contributed by atoms with Crippen LogP contribution in [0.1, 0.15) is 35.8 Å². The van der Waals surface area contributed by atoms with Gasteiger partial charge >= 0.3 is 18.0 Å². The van der Waals surface area contributed by atoms with Crippen LogP contribution in [0.4, 0.5) is 4.79 Å². The number of rotatable bonds is 6. The molecule has 3 rings (SSSR count). The Morgan fingerprint density at radius 1 is 1.33 bits per heavy atom. The number of ether oxygens (including phenoxy) is 2. The van der Waals surface area contributed by atoms with Crippen LogP contribution in [0.5, 0.6) is 0 Å². The number of methoxy groups -OCH3 is 2. The Morgan fingerprint density at radius 3 is 2.83 bits per heavy atom. The number of hydrogen-bond donors (Lipinski definition) is 2. The van der Waals surface area contributed by atoms with Crippen LogP contribution < -0.4 is 5.32 Å². The Hall–Kier alpha value is -3.07. The first kappa shape index (κ1) is 21.6. The number of nitrogens with zero attached hydrogens (tertiary/aromatic N) is 2. The van der Waals surface area contributed by atoms with E-state index in [-0.39, 0.29) is 12.8 Å². The topological polar surface area (TPSA) is 114 Å². The van der Waals surface area contributed by atoms with Crippen molar-refractivity contribution in [2.75, 3.05) is 20.8 Å². The number of hydrogen-bond acceptors (Lipinski definition) is 6. The molecule has 1 aromatic carbocycles. The third-order valence-electron chi connectivity index (χ3n) is 5.00. The first-order valence-corrected chi connectivity index (χ1v) is 9.81. The fraction of sp³-hybridized carbons (Fsp3) is 0.400. The smallest absolute Gasteiger partial charge is 0.328 e. The van der Waals surface area contributed by atoms with Gasteiger partial charge in [-0.25, -0.2) is 14.6 Å². The van der Waals surface area contributed by atoms with Gasteiger partial charge in [0, 0.05) is 30.1 Å². The van der Waals surface area contributed by atoms with Crippen LogP contribution in [0.15, 0.2) is 30.6 Å². The van der Waals surface area contributed by atoms with Crippen molar-refractivity contribution in [2.24, 2.45) is 0 Å². The summed E-state index contributed by atoms with van der Waals surface area (Å²) in [7, 11) is 2.49. The Bertz CT molecular complexity index is 931. The maximum Gasteiger partial charge on any atom is 0.328 e. The summed E-state index contributed by atoms with van der Waals surface area (Å²) in [5.41, 5.74) is 2.47. The van der Waals surface area contributed by atoms with E-state index < -0.39 is 30.1 Å². The number of amides is 2. The van der Waals surface area contributed by atoms with Gasteiger partial charge in [0.2, 0.25) is 0 Å². The number of carbonyl (C=O) groups excluding carboxylic acids is 3. The number of imidazole rings is 1.